The van der Waals surface area contributed by atoms with Crippen LogP contribution in [0, 0.1) is 5.92 Å². The van der Waals surface area contributed by atoms with Gasteiger partial charge in [0.25, 0.3) is 0 Å². The molecule has 7 heteroatoms. The van der Waals surface area contributed by atoms with Gasteiger partial charge < -0.3 is 10.6 Å². The summed E-state index contributed by atoms with van der Waals surface area (Å²) < 4.78 is 27.2. The fourth-order valence-electron chi connectivity index (χ4n) is 3.50. The van der Waals surface area contributed by atoms with Crippen LogP contribution in [0.25, 0.3) is 0 Å². The molecule has 2 aliphatic rings. The summed E-state index contributed by atoms with van der Waals surface area (Å²) in [5.74, 6) is -0.0876. The van der Waals surface area contributed by atoms with E-state index in [1.807, 2.05) is 6.92 Å². The van der Waals surface area contributed by atoms with E-state index in [4.69, 9.17) is 5.73 Å². The monoisotopic (exact) mass is 331 g/mol. The first-order valence-electron chi connectivity index (χ1n) is 8.32. The van der Waals surface area contributed by atoms with Gasteiger partial charge in [-0.25, -0.2) is 13.1 Å². The van der Waals surface area contributed by atoms with Crippen LogP contribution in [0.15, 0.2) is 0 Å². The highest BCUT2D eigenvalue weighted by atomic mass is 32.2. The molecule has 1 amide bonds. The molecule has 2 atom stereocenters. The predicted octanol–water partition coefficient (Wildman–Crippen LogP) is 0.823. The summed E-state index contributed by atoms with van der Waals surface area (Å²) in [7, 11) is -3.56. The number of nitrogens with zero attached hydrogens (tertiary/aromatic N) is 1. The Morgan fingerprint density at radius 1 is 1.18 bits per heavy atom. The van der Waals surface area contributed by atoms with Crippen molar-refractivity contribution in [1.29, 1.82) is 0 Å². The fourth-order valence-corrected chi connectivity index (χ4v) is 4.82. The molecule has 0 aromatic carbocycles. The molecule has 0 spiro atoms. The summed E-state index contributed by atoms with van der Waals surface area (Å²) >= 11 is 0. The van der Waals surface area contributed by atoms with Crippen molar-refractivity contribution in [3.8, 4) is 0 Å². The predicted molar refractivity (Wildman–Crippen MR) is 86.7 cm³/mol. The van der Waals surface area contributed by atoms with Gasteiger partial charge in [-0.2, -0.15) is 0 Å². The molecule has 1 aliphatic heterocycles. The minimum atomic E-state index is -3.56. The molecule has 1 heterocycles. The molecular formula is C15H29N3O3S. The number of sulfonamides is 1. The van der Waals surface area contributed by atoms with Gasteiger partial charge >= 0.3 is 0 Å². The van der Waals surface area contributed by atoms with E-state index >= 15 is 0 Å². The normalized spacial score (nSPS) is 33.7. The van der Waals surface area contributed by atoms with E-state index in [9.17, 15) is 13.2 Å². The summed E-state index contributed by atoms with van der Waals surface area (Å²) in [6.07, 6.45) is 5.29. The van der Waals surface area contributed by atoms with Gasteiger partial charge in [-0.3, -0.25) is 4.79 Å². The minimum absolute atomic E-state index is 0.0128. The Hall–Kier alpha value is -0.660. The maximum atomic E-state index is 12.3. The summed E-state index contributed by atoms with van der Waals surface area (Å²) in [6, 6.07) is 0.112. The molecule has 0 radical (unpaired) electrons. The number of nitrogens with one attached hydrogen (secondary N) is 1. The molecule has 1 saturated carbocycles. The van der Waals surface area contributed by atoms with Crippen LogP contribution in [0.3, 0.4) is 0 Å². The highest BCUT2D eigenvalue weighted by molar-refractivity contribution is 7.90. The Balaban J connectivity index is 1.87. The van der Waals surface area contributed by atoms with Crippen LogP contribution in [0.5, 0.6) is 0 Å². The summed E-state index contributed by atoms with van der Waals surface area (Å²) in [4.78, 5) is 13.9. The average molecular weight is 331 g/mol. The molecule has 2 rings (SSSR count). The van der Waals surface area contributed by atoms with E-state index in [2.05, 4.69) is 11.6 Å². The quantitative estimate of drug-likeness (QED) is 0.798. The van der Waals surface area contributed by atoms with Crippen molar-refractivity contribution < 1.29 is 13.2 Å². The Morgan fingerprint density at radius 2 is 1.82 bits per heavy atom. The lowest BCUT2D eigenvalue weighted by Crippen LogP contribution is -2.51. The first-order chi connectivity index (χ1) is 10.3. The molecule has 0 bridgehead atoms. The number of hydrogen-bond donors (Lipinski definition) is 2. The van der Waals surface area contributed by atoms with Gasteiger partial charge in [-0.15, -0.1) is 0 Å². The lowest BCUT2D eigenvalue weighted by molar-refractivity contribution is -0.131. The molecule has 22 heavy (non-hydrogen) atoms. The molecule has 1 saturated heterocycles. The van der Waals surface area contributed by atoms with E-state index in [1.165, 1.54) is 0 Å². The van der Waals surface area contributed by atoms with Crippen LogP contribution >= 0.6 is 0 Å². The van der Waals surface area contributed by atoms with Gasteiger partial charge in [0.05, 0.1) is 0 Å². The summed E-state index contributed by atoms with van der Waals surface area (Å²) in [6.45, 7) is 4.67. The van der Waals surface area contributed by atoms with E-state index in [0.717, 1.165) is 38.5 Å². The Kier molecular flexibility index (Phi) is 5.85. The third kappa shape index (κ3) is 4.93. The van der Waals surface area contributed by atoms with E-state index in [0.29, 0.717) is 12.5 Å². The molecular weight excluding hydrogens is 302 g/mol. The number of rotatable bonds is 4. The zero-order valence-corrected chi connectivity index (χ0v) is 14.4. The second-order valence-corrected chi connectivity index (χ2v) is 8.81. The van der Waals surface area contributed by atoms with Crippen LogP contribution in [0.2, 0.25) is 0 Å². The van der Waals surface area contributed by atoms with Crippen LogP contribution < -0.4 is 10.5 Å². The summed E-state index contributed by atoms with van der Waals surface area (Å²) in [5, 5.41) is 0. The molecule has 2 fully saturated rings. The second kappa shape index (κ2) is 7.27. The van der Waals surface area contributed by atoms with Crippen LogP contribution in [0.4, 0.5) is 0 Å². The third-order valence-corrected chi connectivity index (χ3v) is 6.23. The number of amides is 1. The van der Waals surface area contributed by atoms with Gasteiger partial charge in [0, 0.05) is 24.7 Å². The molecule has 0 aromatic rings. The number of hydrogen-bond acceptors (Lipinski definition) is 4. The van der Waals surface area contributed by atoms with Crippen molar-refractivity contribution in [2.45, 2.75) is 70.5 Å². The van der Waals surface area contributed by atoms with E-state index < -0.39 is 15.8 Å². The fraction of sp³-hybridized carbons (Fsp3) is 0.933. The average Bonchev–Trinajstić information content (AvgIpc) is 2.40. The zero-order chi connectivity index (χ0) is 16.3. The van der Waals surface area contributed by atoms with Crippen molar-refractivity contribution >= 4 is 15.9 Å². The van der Waals surface area contributed by atoms with Crippen molar-refractivity contribution in [3.05, 3.63) is 0 Å². The molecule has 1 aliphatic carbocycles. The first-order valence-corrected chi connectivity index (χ1v) is 9.97. The Morgan fingerprint density at radius 3 is 2.41 bits per heavy atom. The largest absolute Gasteiger partial charge is 0.339 e. The minimum Gasteiger partial charge on any atom is -0.339 e. The number of likely N-dealkylation sites (tertiary alicyclic amines) is 1. The van der Waals surface area contributed by atoms with Gasteiger partial charge in [0.15, 0.2) is 0 Å². The van der Waals surface area contributed by atoms with Gasteiger partial charge in [0.1, 0.15) is 5.75 Å². The highest BCUT2D eigenvalue weighted by Crippen LogP contribution is 2.24. The van der Waals surface area contributed by atoms with Gasteiger partial charge in [0.2, 0.25) is 15.9 Å². The van der Waals surface area contributed by atoms with Crippen LogP contribution in [0.1, 0.15) is 52.4 Å². The highest BCUT2D eigenvalue weighted by Gasteiger charge is 2.31. The first kappa shape index (κ1) is 17.7. The van der Waals surface area contributed by atoms with Crippen molar-refractivity contribution in [2.24, 2.45) is 11.7 Å². The molecule has 0 aromatic heterocycles. The maximum absolute atomic E-state index is 12.3. The van der Waals surface area contributed by atoms with Crippen LogP contribution in [-0.2, 0) is 14.8 Å². The van der Waals surface area contributed by atoms with Crippen molar-refractivity contribution in [3.63, 3.8) is 0 Å². The number of piperidine rings is 1. The molecule has 6 nitrogen and oxygen atoms in total. The lowest BCUT2D eigenvalue weighted by atomic mass is 9.88. The lowest BCUT2D eigenvalue weighted by Gasteiger charge is -2.36. The number of nitrogens with two attached hydrogens (primary N) is 1. The standard InChI is InChI=1S/C15H29N3O3S/c1-11-3-5-14(6-4-11)17-22(20,21)10-15(19)18-8-7-13(16)9-12(18)2/h11-14,17H,3-10,16H2,1-2H3/t11?,12-,13+,14?/m1/s1. The van der Waals surface area contributed by atoms with Gasteiger partial charge in [-0.05, 0) is 51.4 Å². The van der Waals surface area contributed by atoms with Crippen molar-refractivity contribution in [1.82, 2.24) is 9.62 Å². The molecule has 0 unspecified atom stereocenters. The smallest absolute Gasteiger partial charge is 0.239 e. The topological polar surface area (TPSA) is 92.5 Å². The summed E-state index contributed by atoms with van der Waals surface area (Å²) in [5.41, 5.74) is 5.88. The Labute approximate surface area is 133 Å². The zero-order valence-electron chi connectivity index (χ0n) is 13.6. The third-order valence-electron chi connectivity index (χ3n) is 4.91. The number of carbonyl (C=O) groups excluding carboxylic acids is 1. The van der Waals surface area contributed by atoms with Gasteiger partial charge in [-0.1, -0.05) is 6.92 Å². The number of carbonyl (C=O) groups is 1. The van der Waals surface area contributed by atoms with E-state index in [1.54, 1.807) is 4.90 Å². The SMILES string of the molecule is CC1CCC(NS(=O)(=O)CC(=O)N2CC[C@H](N)C[C@H]2C)CC1. The molecule has 128 valence electrons. The van der Waals surface area contributed by atoms with Crippen LogP contribution in [-0.4, -0.2) is 49.6 Å². The maximum Gasteiger partial charge on any atom is 0.239 e. The Bertz CT molecular complexity index is 486. The van der Waals surface area contributed by atoms with E-state index in [-0.39, 0.29) is 24.0 Å². The second-order valence-electron chi connectivity index (χ2n) is 7.05. The molecule has 3 N–H and O–H groups in total. The van der Waals surface area contributed by atoms with Crippen molar-refractivity contribution in [2.75, 3.05) is 12.3 Å².